The Labute approximate surface area is 122 Å². The van der Waals surface area contributed by atoms with Crippen LogP contribution < -0.4 is 16.8 Å². The summed E-state index contributed by atoms with van der Waals surface area (Å²) in [6, 6.07) is 4.89. The number of nitrogens with two attached hydrogens (primary N) is 2. The number of carbonyl (C=O) groups is 2. The minimum atomic E-state index is -0.250. The summed E-state index contributed by atoms with van der Waals surface area (Å²) in [5, 5.41) is 3.32. The Bertz CT molecular complexity index is 525. The van der Waals surface area contributed by atoms with Gasteiger partial charge in [0.25, 0.3) is 5.91 Å². The normalized spacial score (nSPS) is 22.2. The highest BCUT2D eigenvalue weighted by atomic mass is 35.5. The van der Waals surface area contributed by atoms with E-state index in [-0.39, 0.29) is 23.8 Å². The Hall–Kier alpha value is -1.75. The summed E-state index contributed by atoms with van der Waals surface area (Å²) in [7, 11) is 0. The molecule has 1 aromatic rings. The highest BCUT2D eigenvalue weighted by Gasteiger charge is 2.25. The van der Waals surface area contributed by atoms with Crippen molar-refractivity contribution in [2.24, 2.45) is 11.7 Å². The maximum atomic E-state index is 12.1. The molecule has 1 aliphatic rings. The van der Waals surface area contributed by atoms with Gasteiger partial charge in [-0.3, -0.25) is 9.59 Å². The van der Waals surface area contributed by atoms with Gasteiger partial charge < -0.3 is 16.8 Å². The molecular formula is C14H18ClN3O2. The smallest absolute Gasteiger partial charge is 0.251 e. The number of anilines is 1. The molecule has 0 unspecified atom stereocenters. The molecule has 5 N–H and O–H groups in total. The van der Waals surface area contributed by atoms with Gasteiger partial charge in [-0.05, 0) is 43.9 Å². The van der Waals surface area contributed by atoms with Crippen molar-refractivity contribution in [1.82, 2.24) is 5.32 Å². The molecule has 0 saturated heterocycles. The maximum Gasteiger partial charge on any atom is 0.251 e. The lowest BCUT2D eigenvalue weighted by Gasteiger charge is -2.27. The first-order valence-corrected chi connectivity index (χ1v) is 7.00. The van der Waals surface area contributed by atoms with E-state index in [0.29, 0.717) is 16.3 Å². The molecule has 2 rings (SSSR count). The van der Waals surface area contributed by atoms with Gasteiger partial charge in [0.2, 0.25) is 5.91 Å². The molecule has 108 valence electrons. The van der Waals surface area contributed by atoms with Crippen molar-refractivity contribution in [2.75, 3.05) is 5.73 Å². The second kappa shape index (κ2) is 6.13. The van der Waals surface area contributed by atoms with Crippen molar-refractivity contribution < 1.29 is 9.59 Å². The summed E-state index contributed by atoms with van der Waals surface area (Å²) in [6.07, 6.45) is 2.98. The van der Waals surface area contributed by atoms with Crippen LogP contribution in [0.5, 0.6) is 0 Å². The summed E-state index contributed by atoms with van der Waals surface area (Å²) < 4.78 is 0. The Morgan fingerprint density at radius 3 is 2.40 bits per heavy atom. The van der Waals surface area contributed by atoms with E-state index in [1.165, 1.54) is 0 Å². The molecule has 1 aromatic carbocycles. The van der Waals surface area contributed by atoms with Crippen LogP contribution in [0, 0.1) is 5.92 Å². The summed E-state index contributed by atoms with van der Waals surface area (Å²) in [4.78, 5) is 23.2. The molecule has 20 heavy (non-hydrogen) atoms. The van der Waals surface area contributed by atoms with Crippen molar-refractivity contribution in [3.63, 3.8) is 0 Å². The Morgan fingerprint density at radius 2 is 1.85 bits per heavy atom. The first-order chi connectivity index (χ1) is 9.47. The maximum absolute atomic E-state index is 12.1. The molecule has 0 aromatic heterocycles. The third-order valence-electron chi connectivity index (χ3n) is 3.73. The number of hydrogen-bond acceptors (Lipinski definition) is 3. The number of primary amides is 1. The third-order valence-corrected chi connectivity index (χ3v) is 4.05. The molecule has 0 spiro atoms. The molecule has 1 fully saturated rings. The minimum Gasteiger partial charge on any atom is -0.398 e. The average molecular weight is 296 g/mol. The first kappa shape index (κ1) is 14.7. The first-order valence-electron chi connectivity index (χ1n) is 6.62. The lowest BCUT2D eigenvalue weighted by atomic mass is 9.85. The lowest BCUT2D eigenvalue weighted by Crippen LogP contribution is -2.39. The number of halogens is 1. The molecule has 0 bridgehead atoms. The number of benzene rings is 1. The summed E-state index contributed by atoms with van der Waals surface area (Å²) in [5.41, 5.74) is 11.8. The van der Waals surface area contributed by atoms with Crippen LogP contribution in [0.2, 0.25) is 5.02 Å². The van der Waals surface area contributed by atoms with Crippen molar-refractivity contribution in [1.29, 1.82) is 0 Å². The zero-order chi connectivity index (χ0) is 14.7. The number of carbonyl (C=O) groups excluding carboxylic acids is 2. The fourth-order valence-corrected chi connectivity index (χ4v) is 2.64. The number of hydrogen-bond donors (Lipinski definition) is 3. The molecule has 5 nitrogen and oxygen atoms in total. The predicted octanol–water partition coefficient (Wildman–Crippen LogP) is 1.70. The highest BCUT2D eigenvalue weighted by molar-refractivity contribution is 6.33. The van der Waals surface area contributed by atoms with Crippen molar-refractivity contribution in [2.45, 2.75) is 31.7 Å². The molecule has 0 heterocycles. The zero-order valence-corrected chi connectivity index (χ0v) is 11.8. The second-order valence-electron chi connectivity index (χ2n) is 5.16. The predicted molar refractivity (Wildman–Crippen MR) is 78.3 cm³/mol. The minimum absolute atomic E-state index is 0.0610. The van der Waals surface area contributed by atoms with E-state index >= 15 is 0 Å². The van der Waals surface area contributed by atoms with E-state index in [1.54, 1.807) is 18.2 Å². The molecule has 0 atom stereocenters. The van der Waals surface area contributed by atoms with Crippen LogP contribution in [0.1, 0.15) is 36.0 Å². The summed E-state index contributed by atoms with van der Waals surface area (Å²) in [6.45, 7) is 0. The van der Waals surface area contributed by atoms with Crippen LogP contribution in [0.4, 0.5) is 5.69 Å². The fraction of sp³-hybridized carbons (Fsp3) is 0.429. The van der Waals surface area contributed by atoms with Crippen molar-refractivity contribution >= 4 is 29.1 Å². The van der Waals surface area contributed by atoms with Gasteiger partial charge in [-0.25, -0.2) is 0 Å². The van der Waals surface area contributed by atoms with Crippen LogP contribution in [0.3, 0.4) is 0 Å². The van der Waals surface area contributed by atoms with Crippen LogP contribution in [0.25, 0.3) is 0 Å². The lowest BCUT2D eigenvalue weighted by molar-refractivity contribution is -0.122. The molecule has 1 aliphatic carbocycles. The molecule has 2 amide bonds. The Morgan fingerprint density at radius 1 is 1.20 bits per heavy atom. The van der Waals surface area contributed by atoms with E-state index in [2.05, 4.69) is 5.32 Å². The quantitative estimate of drug-likeness (QED) is 0.740. The van der Waals surface area contributed by atoms with Crippen LogP contribution in [0.15, 0.2) is 18.2 Å². The van der Waals surface area contributed by atoms with Crippen LogP contribution in [-0.4, -0.2) is 17.9 Å². The van der Waals surface area contributed by atoms with Gasteiger partial charge in [0, 0.05) is 17.5 Å². The van der Waals surface area contributed by atoms with Gasteiger partial charge in [0.1, 0.15) is 0 Å². The van der Waals surface area contributed by atoms with Gasteiger partial charge in [-0.15, -0.1) is 0 Å². The molecular weight excluding hydrogens is 278 g/mol. The molecule has 6 heteroatoms. The Balaban J connectivity index is 1.92. The summed E-state index contributed by atoms with van der Waals surface area (Å²) in [5.74, 6) is -0.483. The van der Waals surface area contributed by atoms with Gasteiger partial charge in [-0.2, -0.15) is 0 Å². The van der Waals surface area contributed by atoms with Crippen molar-refractivity contribution in [3.8, 4) is 0 Å². The largest absolute Gasteiger partial charge is 0.398 e. The van der Waals surface area contributed by atoms with Crippen LogP contribution in [-0.2, 0) is 4.79 Å². The molecule has 1 saturated carbocycles. The fourth-order valence-electron chi connectivity index (χ4n) is 2.46. The topological polar surface area (TPSA) is 98.2 Å². The van der Waals surface area contributed by atoms with E-state index in [4.69, 9.17) is 23.1 Å². The van der Waals surface area contributed by atoms with Gasteiger partial charge >= 0.3 is 0 Å². The summed E-state index contributed by atoms with van der Waals surface area (Å²) >= 11 is 5.90. The monoisotopic (exact) mass is 295 g/mol. The SMILES string of the molecule is NC(=O)C1CCC(NC(=O)c2ccc(N)c(Cl)c2)CC1. The Kier molecular flexibility index (Phi) is 4.49. The third kappa shape index (κ3) is 3.42. The van der Waals surface area contributed by atoms with E-state index in [0.717, 1.165) is 25.7 Å². The zero-order valence-electron chi connectivity index (χ0n) is 11.1. The van der Waals surface area contributed by atoms with Gasteiger partial charge in [0.05, 0.1) is 10.7 Å². The van der Waals surface area contributed by atoms with Gasteiger partial charge in [0.15, 0.2) is 0 Å². The van der Waals surface area contributed by atoms with E-state index in [1.807, 2.05) is 0 Å². The highest BCUT2D eigenvalue weighted by Crippen LogP contribution is 2.25. The van der Waals surface area contributed by atoms with E-state index in [9.17, 15) is 9.59 Å². The average Bonchev–Trinajstić information content (AvgIpc) is 2.42. The number of rotatable bonds is 3. The van der Waals surface area contributed by atoms with Crippen LogP contribution >= 0.6 is 11.6 Å². The standard InChI is InChI=1S/C14H18ClN3O2/c15-11-7-9(3-6-12(11)16)14(20)18-10-4-1-8(2-5-10)13(17)19/h3,6-8,10H,1-2,4-5,16H2,(H2,17,19)(H,18,20). The number of nitrogens with one attached hydrogen (secondary N) is 1. The van der Waals surface area contributed by atoms with E-state index < -0.39 is 0 Å². The van der Waals surface area contributed by atoms with Crippen molar-refractivity contribution in [3.05, 3.63) is 28.8 Å². The molecule has 0 radical (unpaired) electrons. The molecule has 0 aliphatic heterocycles. The van der Waals surface area contributed by atoms with Gasteiger partial charge in [-0.1, -0.05) is 11.6 Å². The second-order valence-corrected chi connectivity index (χ2v) is 5.57. The number of amides is 2. The number of nitrogen functional groups attached to an aromatic ring is 1.